The van der Waals surface area contributed by atoms with Crippen LogP contribution in [0.1, 0.15) is 181 Å². The van der Waals surface area contributed by atoms with Crippen molar-refractivity contribution in [1.82, 2.24) is 60.0 Å². The maximum Gasteiger partial charge on any atom is 0.397 e. The van der Waals surface area contributed by atoms with Crippen LogP contribution in [0.4, 0.5) is 43.9 Å². The molecule has 4 aliphatic heterocycles. The molecule has 25 nitrogen and oxygen atoms in total. The highest BCUT2D eigenvalue weighted by Gasteiger charge is 2.56. The van der Waals surface area contributed by atoms with E-state index in [0.29, 0.717) is 44.9 Å². The van der Waals surface area contributed by atoms with Crippen molar-refractivity contribution in [1.29, 1.82) is 0 Å². The van der Waals surface area contributed by atoms with Crippen molar-refractivity contribution in [2.24, 2.45) is 35.5 Å². The molecule has 626 valence electrons. The summed E-state index contributed by atoms with van der Waals surface area (Å²) in [6, 6.07) is -12.8. The number of rotatable bonds is 13. The molecule has 0 aromatic rings. The number of fused-ring (bicyclic) bond motifs is 3. The highest BCUT2D eigenvalue weighted by atomic mass is 19.4. The summed E-state index contributed by atoms with van der Waals surface area (Å²) < 4.78 is 151. The normalized spacial score (nSPS) is 32.3. The van der Waals surface area contributed by atoms with Gasteiger partial charge in [0.2, 0.25) is 77.3 Å². The molecule has 0 radical (unpaired) electrons. The first-order chi connectivity index (χ1) is 52.2. The molecule has 4 saturated carbocycles. The van der Waals surface area contributed by atoms with Crippen LogP contribution >= 0.6 is 0 Å². The fourth-order valence-corrected chi connectivity index (χ4v) is 17.8. The molecule has 35 heteroatoms. The second-order valence-electron chi connectivity index (χ2n) is 32.3. The lowest BCUT2D eigenvalue weighted by molar-refractivity contribution is -0.219. The number of nitrogens with zero attached hydrogens (tertiary/aromatic N) is 9. The number of likely N-dealkylation sites (tertiary alicyclic amines) is 1. The molecule has 4 aliphatic carbocycles. The third kappa shape index (κ3) is 21.7. The van der Waals surface area contributed by atoms with Gasteiger partial charge in [0, 0.05) is 87.9 Å². The monoisotopic (exact) mass is 1590 g/mol. The summed E-state index contributed by atoms with van der Waals surface area (Å²) in [5.41, 5.74) is -1.75. The van der Waals surface area contributed by atoms with Crippen LogP contribution in [0.2, 0.25) is 0 Å². The van der Waals surface area contributed by atoms with Crippen LogP contribution in [-0.2, 0) is 62.3 Å². The molecule has 8 rings (SSSR count). The molecule has 3 N–H and O–H groups in total. The van der Waals surface area contributed by atoms with Crippen LogP contribution < -0.4 is 16.0 Å². The molecule has 3 saturated heterocycles. The van der Waals surface area contributed by atoms with Crippen molar-refractivity contribution < 1.29 is 106 Å². The Hall–Kier alpha value is -7.36. The maximum atomic E-state index is 15.7. The number of nitrogens with one attached hydrogen (secondary N) is 3. The summed E-state index contributed by atoms with van der Waals surface area (Å²) in [6.07, 6.45) is -17.2. The van der Waals surface area contributed by atoms with Crippen LogP contribution in [0, 0.1) is 35.5 Å². The molecule has 4 heterocycles. The van der Waals surface area contributed by atoms with Crippen molar-refractivity contribution in [3.05, 3.63) is 12.2 Å². The van der Waals surface area contributed by atoms with Gasteiger partial charge in [0.1, 0.15) is 72.1 Å². The average Bonchev–Trinajstić information content (AvgIpc) is 1.70. The molecule has 0 aromatic carbocycles. The molecule has 7 fully saturated rings. The standard InChI is InChI=1S/C76H114F10N12O13/c1-10-44(3)63-71(108)91(5)43-61(101)92(6)53-23-14-12-19-34-97(70(53)107)57(37-45-24-27-48(28-25-45)75(81,82)83)68(105)90(4)42-59(99)87-52(29-26-46-35-50(77)62(51(78)36-46)76(84,85)86)67(104)98-41-49(111-11-2)38-55(98)66(103)89-74(30-20-31-74)73(110)95(9)64(47-21-15-16-22-47)72(109)94(8)56(69(106)96-32-17-13-18-33-96)40-60(100)93(7)54(39-58(79)80)65(102)88-63/h12,14,44-58,62-64H,10-11,13,15-43H2,1-9H3,(H,87,99)(H,88,102)(H,89,103)/b14-12-/t44-,45?,46?,48?,49+,50?,51?,52-,53?,54-,55-,56-,57-,62?,63-,64-/m0/s1. The molecular weight excluding hydrogens is 1480 g/mol. The smallest absolute Gasteiger partial charge is 0.377 e. The Labute approximate surface area is 643 Å². The lowest BCUT2D eigenvalue weighted by Crippen LogP contribution is -2.68. The third-order valence-electron chi connectivity index (χ3n) is 24.8. The van der Waals surface area contributed by atoms with Crippen molar-refractivity contribution >= 4 is 70.9 Å². The number of carbonyl (C=O) groups excluding carboxylic acids is 12. The molecule has 12 atom stereocenters. The summed E-state index contributed by atoms with van der Waals surface area (Å²) in [6.45, 7) is 3.19. The number of hydrogen-bond donors (Lipinski definition) is 3. The van der Waals surface area contributed by atoms with E-state index in [-0.39, 0.29) is 110 Å². The molecule has 12 amide bonds. The molecule has 0 aromatic heterocycles. The Morgan fingerprint density at radius 3 is 1.82 bits per heavy atom. The van der Waals surface area contributed by atoms with Gasteiger partial charge in [0.25, 0.3) is 0 Å². The van der Waals surface area contributed by atoms with Crippen molar-refractivity contribution in [2.75, 3.05) is 88.2 Å². The topological polar surface area (TPSA) is 279 Å². The van der Waals surface area contributed by atoms with Gasteiger partial charge in [-0.15, -0.1) is 0 Å². The number of alkyl halides is 10. The minimum Gasteiger partial charge on any atom is -0.377 e. The van der Waals surface area contributed by atoms with Crippen molar-refractivity contribution in [2.45, 2.75) is 272 Å². The van der Waals surface area contributed by atoms with Gasteiger partial charge >= 0.3 is 12.4 Å². The number of halogens is 10. The lowest BCUT2D eigenvalue weighted by atomic mass is 9.74. The molecule has 3 unspecified atom stereocenters. The van der Waals surface area contributed by atoms with Gasteiger partial charge in [0.15, 0.2) is 0 Å². The van der Waals surface area contributed by atoms with Crippen molar-refractivity contribution in [3.8, 4) is 0 Å². The Morgan fingerprint density at radius 2 is 1.24 bits per heavy atom. The highest BCUT2D eigenvalue weighted by Crippen LogP contribution is 2.46. The Kier molecular flexibility index (Phi) is 31.1. The largest absolute Gasteiger partial charge is 0.397 e. The molecule has 1 spiro atoms. The number of piperidine rings is 1. The summed E-state index contributed by atoms with van der Waals surface area (Å²) in [4.78, 5) is 191. The van der Waals surface area contributed by atoms with E-state index < -0.39 is 243 Å². The van der Waals surface area contributed by atoms with Gasteiger partial charge in [-0.3, -0.25) is 57.5 Å². The van der Waals surface area contributed by atoms with E-state index >= 15 is 42.3 Å². The number of carbonyl (C=O) groups is 12. The predicted molar refractivity (Wildman–Crippen MR) is 384 cm³/mol. The van der Waals surface area contributed by atoms with Gasteiger partial charge in [0.05, 0.1) is 31.5 Å². The predicted octanol–water partition coefficient (Wildman–Crippen LogP) is 6.88. The fraction of sp³-hybridized carbons (Fsp3) is 0.816. The number of ether oxygens (including phenoxy) is 1. The summed E-state index contributed by atoms with van der Waals surface area (Å²) in [5, 5.41) is 8.06. The van der Waals surface area contributed by atoms with E-state index in [9.17, 15) is 59.1 Å². The maximum absolute atomic E-state index is 15.7. The first-order valence-electron chi connectivity index (χ1n) is 39.6. The first kappa shape index (κ1) is 89.2. The summed E-state index contributed by atoms with van der Waals surface area (Å²) in [5.74, 6) is -18.5. The van der Waals surface area contributed by atoms with Crippen LogP contribution in [0.5, 0.6) is 0 Å². The van der Waals surface area contributed by atoms with E-state index in [2.05, 4.69) is 16.0 Å². The lowest BCUT2D eigenvalue weighted by Gasteiger charge is -2.47. The van der Waals surface area contributed by atoms with E-state index in [1.807, 2.05) is 0 Å². The average molecular weight is 1590 g/mol. The summed E-state index contributed by atoms with van der Waals surface area (Å²) in [7, 11) is 7.38. The van der Waals surface area contributed by atoms with E-state index in [0.717, 1.165) is 42.9 Å². The highest BCUT2D eigenvalue weighted by molar-refractivity contribution is 6.01. The zero-order valence-corrected chi connectivity index (χ0v) is 65.3. The second-order valence-corrected chi connectivity index (χ2v) is 32.3. The van der Waals surface area contributed by atoms with E-state index in [4.69, 9.17) is 4.74 Å². The quantitative estimate of drug-likeness (QED) is 0.125. The molecule has 2 bridgehead atoms. The van der Waals surface area contributed by atoms with E-state index in [1.54, 1.807) is 32.9 Å². The molecular formula is C76H114F10N12O13. The Bertz CT molecular complexity index is 3320. The third-order valence-corrected chi connectivity index (χ3v) is 24.8. The Morgan fingerprint density at radius 1 is 0.613 bits per heavy atom. The second kappa shape index (κ2) is 38.6. The first-order valence-corrected chi connectivity index (χ1v) is 39.6. The number of amides is 12. The van der Waals surface area contributed by atoms with Crippen LogP contribution in [0.3, 0.4) is 0 Å². The van der Waals surface area contributed by atoms with Crippen LogP contribution in [-0.4, -0.2) is 294 Å². The van der Waals surface area contributed by atoms with Gasteiger partial charge < -0.3 is 64.8 Å². The number of hydrogen-bond acceptors (Lipinski definition) is 13. The zero-order chi connectivity index (χ0) is 81.9. The van der Waals surface area contributed by atoms with Gasteiger partial charge in [-0.1, -0.05) is 45.3 Å². The van der Waals surface area contributed by atoms with Gasteiger partial charge in [-0.05, 0) is 153 Å². The van der Waals surface area contributed by atoms with Gasteiger partial charge in [-0.25, -0.2) is 17.6 Å². The summed E-state index contributed by atoms with van der Waals surface area (Å²) >= 11 is 0. The van der Waals surface area contributed by atoms with Crippen LogP contribution in [0.15, 0.2) is 12.2 Å². The molecule has 111 heavy (non-hydrogen) atoms. The Balaban J connectivity index is 1.21. The SMILES string of the molecule is CCO[C@@H]1C[C@H]2C(=O)NC3(CCC3)C(=O)N(C)[C@@H](C3CCCC3)C(=O)N(C)[C@H](C(=O)N3CCCCC3)CC(=O)N(C)[C@@H](CC(F)F)C(=O)N[C@@H]([C@@H](C)CC)C(=O)N(C)CC(=O)N(C)C3C/C=C\CCN(C3=O)[C@@H](CC3CCC(C(F)(F)F)CC3)C(=O)N(C)CC(=O)N[C@@H](CCC3CC(F)C(C(F)(F)F)C(F)C3)C(=O)N2C1. The van der Waals surface area contributed by atoms with Crippen molar-refractivity contribution in [3.63, 3.8) is 0 Å². The molecule has 8 aliphatic rings. The van der Waals surface area contributed by atoms with Crippen LogP contribution in [0.25, 0.3) is 0 Å². The van der Waals surface area contributed by atoms with E-state index in [1.165, 1.54) is 49.9 Å². The minimum absolute atomic E-state index is 0.0130. The van der Waals surface area contributed by atoms with Gasteiger partial charge in [-0.2, -0.15) is 26.3 Å². The minimum atomic E-state index is -5.23. The zero-order valence-electron chi connectivity index (χ0n) is 65.3. The number of likely N-dealkylation sites (N-methyl/N-ethyl adjacent to an activating group) is 6. The fourth-order valence-electron chi connectivity index (χ4n) is 17.8.